The minimum atomic E-state index is 0.201. The van der Waals surface area contributed by atoms with Crippen LogP contribution in [-0.2, 0) is 4.79 Å². The maximum absolute atomic E-state index is 12.3. The molecule has 2 saturated heterocycles. The summed E-state index contributed by atoms with van der Waals surface area (Å²) in [5.41, 5.74) is 0.541. The topological polar surface area (TPSA) is 23.6 Å². The zero-order chi connectivity index (χ0) is 15.5. The lowest BCUT2D eigenvalue weighted by Gasteiger charge is -2.47. The lowest BCUT2D eigenvalue weighted by molar-refractivity contribution is -0.138. The first-order chi connectivity index (χ1) is 9.96. The molecule has 0 aromatic rings. The summed E-state index contributed by atoms with van der Waals surface area (Å²) in [6, 6.07) is 0. The fraction of sp³-hybridized carbons (Fsp3) is 0.944. The predicted octanol–water partition coefficient (Wildman–Crippen LogP) is 3.39. The summed E-state index contributed by atoms with van der Waals surface area (Å²) in [4.78, 5) is 17.0. The van der Waals surface area contributed by atoms with Gasteiger partial charge in [-0.25, -0.2) is 0 Å². The van der Waals surface area contributed by atoms with Gasteiger partial charge in [-0.1, -0.05) is 27.7 Å². The van der Waals surface area contributed by atoms with Crippen LogP contribution in [0.25, 0.3) is 0 Å². The number of nitrogens with zero attached hydrogens (tertiary/aromatic N) is 2. The van der Waals surface area contributed by atoms with Crippen molar-refractivity contribution < 1.29 is 4.79 Å². The molecule has 122 valence electrons. The Morgan fingerprint density at radius 3 is 2.00 bits per heavy atom. The molecule has 1 atom stereocenters. The van der Waals surface area contributed by atoms with E-state index in [-0.39, 0.29) is 5.92 Å². The second kappa shape index (κ2) is 7.13. The third-order valence-electron chi connectivity index (χ3n) is 5.71. The zero-order valence-electron chi connectivity index (χ0n) is 14.5. The van der Waals surface area contributed by atoms with Gasteiger partial charge in [0.05, 0.1) is 0 Å². The lowest BCUT2D eigenvalue weighted by atomic mass is 9.71. The summed E-state index contributed by atoms with van der Waals surface area (Å²) in [7, 11) is 0. The molecule has 0 radical (unpaired) electrons. The average molecular weight is 294 g/mol. The lowest BCUT2D eigenvalue weighted by Crippen LogP contribution is -2.49. The molecule has 3 nitrogen and oxygen atoms in total. The number of amides is 1. The highest BCUT2D eigenvalue weighted by atomic mass is 16.2. The van der Waals surface area contributed by atoms with Gasteiger partial charge in [0, 0.05) is 25.6 Å². The van der Waals surface area contributed by atoms with Crippen LogP contribution in [0.3, 0.4) is 0 Å². The quantitative estimate of drug-likeness (QED) is 0.793. The van der Waals surface area contributed by atoms with E-state index in [4.69, 9.17) is 0 Å². The Kier molecular flexibility index (Phi) is 5.70. The first-order valence-corrected chi connectivity index (χ1v) is 8.97. The van der Waals surface area contributed by atoms with E-state index in [2.05, 4.69) is 37.5 Å². The Bertz CT molecular complexity index is 335. The zero-order valence-corrected chi connectivity index (χ0v) is 14.5. The molecule has 2 heterocycles. The van der Waals surface area contributed by atoms with Gasteiger partial charge in [-0.2, -0.15) is 0 Å². The molecule has 0 aromatic heterocycles. The molecular formula is C18H34N2O. The Labute approximate surface area is 131 Å². The Morgan fingerprint density at radius 1 is 1.00 bits per heavy atom. The molecule has 1 unspecified atom stereocenters. The monoisotopic (exact) mass is 294 g/mol. The fourth-order valence-electron chi connectivity index (χ4n) is 3.91. The maximum Gasteiger partial charge on any atom is 0.225 e. The van der Waals surface area contributed by atoms with E-state index in [0.717, 1.165) is 25.4 Å². The van der Waals surface area contributed by atoms with Crippen LogP contribution in [0.2, 0.25) is 0 Å². The summed E-state index contributed by atoms with van der Waals surface area (Å²) in [5.74, 6) is 1.35. The summed E-state index contributed by atoms with van der Waals surface area (Å²) in [6.07, 6.45) is 6.09. The van der Waals surface area contributed by atoms with Crippen LogP contribution >= 0.6 is 0 Å². The Balaban J connectivity index is 1.80. The van der Waals surface area contributed by atoms with Crippen LogP contribution in [0.15, 0.2) is 0 Å². The van der Waals surface area contributed by atoms with E-state index in [1.165, 1.54) is 45.3 Å². The molecule has 2 rings (SSSR count). The van der Waals surface area contributed by atoms with E-state index < -0.39 is 0 Å². The van der Waals surface area contributed by atoms with Crippen molar-refractivity contribution in [3.8, 4) is 0 Å². The molecule has 1 amide bonds. The van der Waals surface area contributed by atoms with Crippen LogP contribution in [0.1, 0.15) is 59.8 Å². The highest BCUT2D eigenvalue weighted by Crippen LogP contribution is 2.41. The van der Waals surface area contributed by atoms with Gasteiger partial charge >= 0.3 is 0 Å². The fourth-order valence-corrected chi connectivity index (χ4v) is 3.91. The standard InChI is InChI=1S/C18H34N2O/c1-5-16(4)17(21)20-12-8-18(9-13-20)6-10-19(11-7-18)14-15(2)3/h15-16H,5-14H2,1-4H3. The predicted molar refractivity (Wildman–Crippen MR) is 88.2 cm³/mol. The van der Waals surface area contributed by atoms with Gasteiger partial charge < -0.3 is 9.80 Å². The minimum absolute atomic E-state index is 0.201. The highest BCUT2D eigenvalue weighted by Gasteiger charge is 2.38. The summed E-state index contributed by atoms with van der Waals surface area (Å²) in [5, 5.41) is 0. The number of carbonyl (C=O) groups excluding carboxylic acids is 1. The molecule has 2 aliphatic heterocycles. The smallest absolute Gasteiger partial charge is 0.225 e. The summed E-state index contributed by atoms with van der Waals surface area (Å²) < 4.78 is 0. The van der Waals surface area contributed by atoms with Gasteiger partial charge in [0.2, 0.25) is 5.91 Å². The Hall–Kier alpha value is -0.570. The summed E-state index contributed by atoms with van der Waals surface area (Å²) in [6.45, 7) is 14.5. The highest BCUT2D eigenvalue weighted by molar-refractivity contribution is 5.78. The second-order valence-electron chi connectivity index (χ2n) is 7.83. The number of rotatable bonds is 4. The van der Waals surface area contributed by atoms with Gasteiger partial charge in [0.25, 0.3) is 0 Å². The normalized spacial score (nSPS) is 24.5. The molecule has 0 aliphatic carbocycles. The number of piperidine rings is 2. The van der Waals surface area contributed by atoms with Gasteiger partial charge in [0.1, 0.15) is 0 Å². The number of hydrogen-bond acceptors (Lipinski definition) is 2. The van der Waals surface area contributed by atoms with Crippen molar-refractivity contribution in [3.63, 3.8) is 0 Å². The number of hydrogen-bond donors (Lipinski definition) is 0. The molecule has 2 aliphatic rings. The van der Waals surface area contributed by atoms with Crippen molar-refractivity contribution in [1.29, 1.82) is 0 Å². The molecule has 1 spiro atoms. The van der Waals surface area contributed by atoms with Crippen LogP contribution in [0, 0.1) is 17.3 Å². The molecule has 21 heavy (non-hydrogen) atoms. The third-order valence-corrected chi connectivity index (χ3v) is 5.71. The van der Waals surface area contributed by atoms with E-state index >= 15 is 0 Å². The maximum atomic E-state index is 12.3. The second-order valence-corrected chi connectivity index (χ2v) is 7.83. The van der Waals surface area contributed by atoms with Gasteiger partial charge in [-0.15, -0.1) is 0 Å². The first-order valence-electron chi connectivity index (χ1n) is 8.97. The number of carbonyl (C=O) groups is 1. The molecule has 3 heteroatoms. The molecule has 2 fully saturated rings. The first kappa shape index (κ1) is 16.8. The molecular weight excluding hydrogens is 260 g/mol. The summed E-state index contributed by atoms with van der Waals surface area (Å²) >= 11 is 0. The number of likely N-dealkylation sites (tertiary alicyclic amines) is 2. The van der Waals surface area contributed by atoms with Crippen LogP contribution in [0.4, 0.5) is 0 Å². The van der Waals surface area contributed by atoms with E-state index in [9.17, 15) is 4.79 Å². The van der Waals surface area contributed by atoms with Crippen molar-refractivity contribution in [2.75, 3.05) is 32.7 Å². The molecule has 0 N–H and O–H groups in total. The van der Waals surface area contributed by atoms with Crippen molar-refractivity contribution in [2.45, 2.75) is 59.8 Å². The van der Waals surface area contributed by atoms with Crippen molar-refractivity contribution >= 4 is 5.91 Å². The van der Waals surface area contributed by atoms with Gasteiger partial charge in [0.15, 0.2) is 0 Å². The van der Waals surface area contributed by atoms with E-state index in [1.807, 2.05) is 0 Å². The average Bonchev–Trinajstić information content (AvgIpc) is 2.49. The van der Waals surface area contributed by atoms with Gasteiger partial charge in [-0.3, -0.25) is 4.79 Å². The SMILES string of the molecule is CCC(C)C(=O)N1CCC2(CCN(CC(C)C)CC2)CC1. The molecule has 0 saturated carbocycles. The van der Waals surface area contributed by atoms with Gasteiger partial charge in [-0.05, 0) is 56.5 Å². The van der Waals surface area contributed by atoms with Crippen LogP contribution in [0.5, 0.6) is 0 Å². The molecule has 0 aromatic carbocycles. The largest absolute Gasteiger partial charge is 0.342 e. The van der Waals surface area contributed by atoms with Crippen molar-refractivity contribution in [3.05, 3.63) is 0 Å². The van der Waals surface area contributed by atoms with Crippen molar-refractivity contribution in [1.82, 2.24) is 9.80 Å². The minimum Gasteiger partial charge on any atom is -0.342 e. The van der Waals surface area contributed by atoms with Crippen LogP contribution < -0.4 is 0 Å². The van der Waals surface area contributed by atoms with E-state index in [1.54, 1.807) is 0 Å². The third kappa shape index (κ3) is 4.21. The van der Waals surface area contributed by atoms with E-state index in [0.29, 0.717) is 11.3 Å². The Morgan fingerprint density at radius 2 is 1.52 bits per heavy atom. The van der Waals surface area contributed by atoms with Crippen LogP contribution in [-0.4, -0.2) is 48.4 Å². The molecule has 0 bridgehead atoms. The van der Waals surface area contributed by atoms with Crippen molar-refractivity contribution in [2.24, 2.45) is 17.3 Å².